The molecule has 1 unspecified atom stereocenters. The van der Waals surface area contributed by atoms with Gasteiger partial charge in [-0.2, -0.15) is 0 Å². The van der Waals surface area contributed by atoms with Crippen LogP contribution in [0.15, 0.2) is 65.2 Å². The van der Waals surface area contributed by atoms with E-state index in [9.17, 15) is 14.7 Å². The lowest BCUT2D eigenvalue weighted by molar-refractivity contribution is -0.134. The first-order chi connectivity index (χ1) is 11.5. The summed E-state index contributed by atoms with van der Waals surface area (Å²) in [4.78, 5) is 25.0. The molecule has 5 nitrogen and oxygen atoms in total. The molecule has 1 aliphatic heterocycles. The van der Waals surface area contributed by atoms with Crippen molar-refractivity contribution in [3.05, 3.63) is 70.8 Å². The number of benzene rings is 1. The summed E-state index contributed by atoms with van der Waals surface area (Å²) in [5, 5.41) is 8.78. The van der Waals surface area contributed by atoms with Crippen LogP contribution in [0, 0.1) is 0 Å². The predicted molar refractivity (Wildman–Crippen MR) is 89.1 cm³/mol. The van der Waals surface area contributed by atoms with E-state index in [-0.39, 0.29) is 30.3 Å². The molecule has 0 aromatic heterocycles. The summed E-state index contributed by atoms with van der Waals surface area (Å²) in [6.07, 6.45) is 3.37. The zero-order valence-electron chi connectivity index (χ0n) is 13.0. The number of ether oxygens (including phenoxy) is 1. The maximum Gasteiger partial charge on any atom is 0.356 e. The minimum Gasteiger partial charge on any atom is -0.486 e. The Bertz CT molecular complexity index is 779. The topological polar surface area (TPSA) is 66.8 Å². The summed E-state index contributed by atoms with van der Waals surface area (Å²) >= 11 is 6.04. The number of likely N-dealkylation sites (N-methyl/N-ethyl adjacent to an activating group) is 1. The summed E-state index contributed by atoms with van der Waals surface area (Å²) in [7, 11) is 1.62. The van der Waals surface area contributed by atoms with Crippen LogP contribution in [0.2, 0.25) is 0 Å². The number of carbonyl (C=O) groups excluding carboxylic acids is 1. The first-order valence-electron chi connectivity index (χ1n) is 7.44. The van der Waals surface area contributed by atoms with Gasteiger partial charge in [-0.3, -0.25) is 4.79 Å². The molecule has 0 amide bonds. The van der Waals surface area contributed by atoms with E-state index in [4.69, 9.17) is 16.3 Å². The van der Waals surface area contributed by atoms with Crippen molar-refractivity contribution in [1.82, 2.24) is 4.90 Å². The highest BCUT2D eigenvalue weighted by atomic mass is 35.5. The maximum absolute atomic E-state index is 11.8. The summed E-state index contributed by atoms with van der Waals surface area (Å²) in [5.41, 5.74) is 2.25. The molecular weight excluding hydrogens is 330 g/mol. The lowest BCUT2D eigenvalue weighted by atomic mass is 9.89. The molecule has 1 N–H and O–H groups in total. The van der Waals surface area contributed by atoms with E-state index in [0.717, 1.165) is 5.56 Å². The predicted octanol–water partition coefficient (Wildman–Crippen LogP) is 2.84. The second-order valence-corrected chi connectivity index (χ2v) is 6.12. The normalized spacial score (nSPS) is 20.3. The van der Waals surface area contributed by atoms with Gasteiger partial charge in [-0.25, -0.2) is 4.79 Å². The van der Waals surface area contributed by atoms with Crippen LogP contribution in [0.25, 0.3) is 0 Å². The third-order valence-electron chi connectivity index (χ3n) is 3.92. The number of halogens is 1. The Balaban J connectivity index is 1.99. The number of allylic oxidation sites excluding steroid dienone is 2. The molecule has 6 heteroatoms. The summed E-state index contributed by atoms with van der Waals surface area (Å²) in [6.45, 7) is 0.228. The van der Waals surface area contributed by atoms with Crippen LogP contribution in [0.5, 0.6) is 0 Å². The number of hydrogen-bond donors (Lipinski definition) is 1. The molecule has 0 radical (unpaired) electrons. The van der Waals surface area contributed by atoms with Crippen molar-refractivity contribution in [2.75, 3.05) is 7.05 Å². The van der Waals surface area contributed by atoms with Crippen molar-refractivity contribution in [2.45, 2.75) is 18.4 Å². The van der Waals surface area contributed by atoms with Gasteiger partial charge in [0.15, 0.2) is 17.2 Å². The van der Waals surface area contributed by atoms with E-state index in [1.165, 1.54) is 4.90 Å². The molecule has 1 atom stereocenters. The summed E-state index contributed by atoms with van der Waals surface area (Å²) in [6, 6.07) is 9.46. The molecule has 0 saturated carbocycles. The molecule has 24 heavy (non-hydrogen) atoms. The van der Waals surface area contributed by atoms with Crippen LogP contribution < -0.4 is 0 Å². The van der Waals surface area contributed by atoms with Crippen LogP contribution in [0.4, 0.5) is 0 Å². The van der Waals surface area contributed by atoms with Crippen molar-refractivity contribution < 1.29 is 19.4 Å². The average Bonchev–Trinajstić information content (AvgIpc) is 2.54. The summed E-state index contributed by atoms with van der Waals surface area (Å²) in [5.74, 6) is -0.967. The van der Waals surface area contributed by atoms with Crippen LogP contribution in [-0.4, -0.2) is 34.2 Å². The molecule has 1 aromatic carbocycles. The van der Waals surface area contributed by atoms with Gasteiger partial charge in [-0.15, -0.1) is 11.6 Å². The highest BCUT2D eigenvalue weighted by Gasteiger charge is 2.34. The van der Waals surface area contributed by atoms with E-state index in [2.05, 4.69) is 0 Å². The third-order valence-corrected chi connectivity index (χ3v) is 4.29. The lowest BCUT2D eigenvalue weighted by Gasteiger charge is -2.31. The molecule has 124 valence electrons. The molecule has 0 saturated heterocycles. The molecule has 3 rings (SSSR count). The minimum atomic E-state index is -1.10. The van der Waals surface area contributed by atoms with Gasteiger partial charge >= 0.3 is 5.97 Å². The van der Waals surface area contributed by atoms with Gasteiger partial charge in [0.1, 0.15) is 12.0 Å². The smallest absolute Gasteiger partial charge is 0.356 e. The van der Waals surface area contributed by atoms with Crippen molar-refractivity contribution in [3.8, 4) is 0 Å². The van der Waals surface area contributed by atoms with Gasteiger partial charge in [0.2, 0.25) is 0 Å². The number of hydrogen-bond acceptors (Lipinski definition) is 4. The zero-order valence-corrected chi connectivity index (χ0v) is 13.8. The Morgan fingerprint density at radius 2 is 2.08 bits per heavy atom. The number of alkyl halides is 1. The quantitative estimate of drug-likeness (QED) is 0.850. The van der Waals surface area contributed by atoms with Crippen LogP contribution >= 0.6 is 11.6 Å². The van der Waals surface area contributed by atoms with Gasteiger partial charge in [0.05, 0.1) is 0 Å². The number of nitrogens with zero attached hydrogens (tertiary/aromatic N) is 1. The lowest BCUT2D eigenvalue weighted by Crippen LogP contribution is -2.30. The van der Waals surface area contributed by atoms with Gasteiger partial charge in [0.25, 0.3) is 0 Å². The number of carbonyl (C=O) groups is 2. The Hall–Kier alpha value is -2.53. The van der Waals surface area contributed by atoms with Crippen molar-refractivity contribution in [1.29, 1.82) is 0 Å². The fourth-order valence-electron chi connectivity index (χ4n) is 2.77. The Morgan fingerprint density at radius 3 is 2.75 bits per heavy atom. The first-order valence-corrected chi connectivity index (χ1v) is 7.88. The molecule has 1 aromatic rings. The SMILES string of the molecule is CN1C=C2CC(=O)C(Cl)C=C2C(OCc2ccccc2)=C1C(=O)O. The molecule has 0 fully saturated rings. The average molecular weight is 346 g/mol. The van der Waals surface area contributed by atoms with E-state index in [1.807, 2.05) is 30.3 Å². The molecule has 0 spiro atoms. The third kappa shape index (κ3) is 3.08. The number of rotatable bonds is 4. The van der Waals surface area contributed by atoms with E-state index >= 15 is 0 Å². The fourth-order valence-corrected chi connectivity index (χ4v) is 2.98. The van der Waals surface area contributed by atoms with Crippen molar-refractivity contribution >= 4 is 23.4 Å². The Morgan fingerprint density at radius 1 is 1.38 bits per heavy atom. The number of ketones is 1. The standard InChI is InChI=1S/C18H16ClNO4/c1-20-9-12-7-15(21)14(19)8-13(12)17(16(20)18(22)23)24-10-11-5-3-2-4-6-11/h2-6,8-9,14H,7,10H2,1H3,(H,22,23). The number of aliphatic carboxylic acids is 1. The number of Topliss-reactive ketones (excluding diaryl/α,β-unsaturated/α-hetero) is 1. The minimum absolute atomic E-state index is 0.0270. The number of fused-ring (bicyclic) bond motifs is 1. The van der Waals surface area contributed by atoms with Crippen molar-refractivity contribution in [3.63, 3.8) is 0 Å². The molecule has 2 aliphatic rings. The van der Waals surface area contributed by atoms with Gasteiger partial charge in [-0.05, 0) is 17.2 Å². The number of carboxylic acid groups (broad SMARTS) is 1. The van der Waals surface area contributed by atoms with Crippen LogP contribution in [-0.2, 0) is 20.9 Å². The van der Waals surface area contributed by atoms with Gasteiger partial charge < -0.3 is 14.7 Å². The van der Waals surface area contributed by atoms with Crippen LogP contribution in [0.1, 0.15) is 12.0 Å². The summed E-state index contributed by atoms with van der Waals surface area (Å²) < 4.78 is 5.84. The van der Waals surface area contributed by atoms with Gasteiger partial charge in [0, 0.05) is 25.2 Å². The largest absolute Gasteiger partial charge is 0.486 e. The second kappa shape index (κ2) is 6.53. The van der Waals surface area contributed by atoms with E-state index < -0.39 is 11.3 Å². The van der Waals surface area contributed by atoms with E-state index in [1.54, 1.807) is 19.3 Å². The monoisotopic (exact) mass is 345 g/mol. The Kier molecular flexibility index (Phi) is 4.44. The van der Waals surface area contributed by atoms with E-state index in [0.29, 0.717) is 11.1 Å². The fraction of sp³-hybridized carbons (Fsp3) is 0.222. The van der Waals surface area contributed by atoms with Crippen LogP contribution in [0.3, 0.4) is 0 Å². The number of carboxylic acids is 1. The highest BCUT2D eigenvalue weighted by Crippen LogP contribution is 2.37. The molecule has 1 heterocycles. The Labute approximate surface area is 144 Å². The molecule has 1 aliphatic carbocycles. The zero-order chi connectivity index (χ0) is 17.3. The molecular formula is C18H16ClNO4. The molecule has 0 bridgehead atoms. The maximum atomic E-state index is 11.8. The first kappa shape index (κ1) is 16.3. The highest BCUT2D eigenvalue weighted by molar-refractivity contribution is 6.33. The second-order valence-electron chi connectivity index (χ2n) is 5.65. The van der Waals surface area contributed by atoms with Crippen molar-refractivity contribution in [2.24, 2.45) is 0 Å². The van der Waals surface area contributed by atoms with Gasteiger partial charge in [-0.1, -0.05) is 30.3 Å².